The zero-order valence-electron chi connectivity index (χ0n) is 8.12. The number of rotatable bonds is 3. The third-order valence-electron chi connectivity index (χ3n) is 1.94. The van der Waals surface area contributed by atoms with Gasteiger partial charge >= 0.3 is 6.18 Å². The van der Waals surface area contributed by atoms with E-state index in [1.807, 2.05) is 0 Å². The van der Waals surface area contributed by atoms with Crippen molar-refractivity contribution in [3.8, 4) is 0 Å². The number of benzene rings is 1. The molecule has 0 N–H and O–H groups in total. The molecule has 1 rings (SSSR count). The van der Waals surface area contributed by atoms with E-state index in [9.17, 15) is 28.1 Å². The van der Waals surface area contributed by atoms with Crippen molar-refractivity contribution in [2.45, 2.75) is 6.18 Å². The van der Waals surface area contributed by atoms with Crippen LogP contribution in [0.1, 0.15) is 15.9 Å². The van der Waals surface area contributed by atoms with E-state index in [2.05, 4.69) is 15.9 Å². The predicted octanol–water partition coefficient (Wildman–Crippen LogP) is 3.19. The van der Waals surface area contributed by atoms with Crippen molar-refractivity contribution in [1.82, 2.24) is 0 Å². The molecule has 17 heavy (non-hydrogen) atoms. The maximum absolute atomic E-state index is 12.6. The lowest BCUT2D eigenvalue weighted by Gasteiger charge is -2.10. The molecule has 0 atom stereocenters. The summed E-state index contributed by atoms with van der Waals surface area (Å²) in [6.07, 6.45) is -4.81. The molecule has 4 nitrogen and oxygen atoms in total. The number of carbonyl (C=O) groups is 1. The number of non-ortho nitro benzene ring substituents is 1. The van der Waals surface area contributed by atoms with Gasteiger partial charge in [0.15, 0.2) is 5.78 Å². The van der Waals surface area contributed by atoms with Gasteiger partial charge in [-0.1, -0.05) is 15.9 Å². The molecule has 0 heterocycles. The molecule has 0 aliphatic carbocycles. The van der Waals surface area contributed by atoms with Crippen LogP contribution in [0.25, 0.3) is 0 Å². The minimum absolute atomic E-state index is 0.284. The Morgan fingerprint density at radius 3 is 2.41 bits per heavy atom. The molecule has 0 spiro atoms. The van der Waals surface area contributed by atoms with Gasteiger partial charge in [0.1, 0.15) is 0 Å². The summed E-state index contributed by atoms with van der Waals surface area (Å²) < 4.78 is 37.8. The third kappa shape index (κ3) is 3.02. The molecule has 0 bridgehead atoms. The van der Waals surface area contributed by atoms with Gasteiger partial charge < -0.3 is 0 Å². The Bertz CT molecular complexity index is 473. The number of alkyl halides is 4. The summed E-state index contributed by atoms with van der Waals surface area (Å²) in [5.41, 5.74) is -2.58. The average molecular weight is 312 g/mol. The molecule has 0 aliphatic heterocycles. The van der Waals surface area contributed by atoms with Crippen LogP contribution in [-0.4, -0.2) is 16.0 Å². The fourth-order valence-electron chi connectivity index (χ4n) is 1.20. The smallest absolute Gasteiger partial charge is 0.293 e. The summed E-state index contributed by atoms with van der Waals surface area (Å²) in [6, 6.07) is 2.03. The Labute approximate surface area is 102 Å². The number of nitrogens with zero attached hydrogens (tertiary/aromatic N) is 1. The summed E-state index contributed by atoms with van der Waals surface area (Å²) >= 11 is 2.75. The molecule has 0 unspecified atom stereocenters. The summed E-state index contributed by atoms with van der Waals surface area (Å²) in [5, 5.41) is 10.1. The largest absolute Gasteiger partial charge is 0.417 e. The standard InChI is InChI=1S/C9H5BrF3NO3/c10-4-8(15)6-2-1-5(14(16)17)3-7(6)9(11,12)13/h1-3H,4H2. The molecule has 0 aromatic heterocycles. The van der Waals surface area contributed by atoms with E-state index in [4.69, 9.17) is 0 Å². The maximum atomic E-state index is 12.6. The van der Waals surface area contributed by atoms with Gasteiger partial charge in [0.25, 0.3) is 5.69 Å². The normalized spacial score (nSPS) is 11.3. The van der Waals surface area contributed by atoms with E-state index in [1.165, 1.54) is 0 Å². The topological polar surface area (TPSA) is 60.2 Å². The highest BCUT2D eigenvalue weighted by Gasteiger charge is 2.36. The van der Waals surface area contributed by atoms with Gasteiger partial charge in [-0.25, -0.2) is 0 Å². The lowest BCUT2D eigenvalue weighted by Crippen LogP contribution is -2.14. The maximum Gasteiger partial charge on any atom is 0.417 e. The number of carbonyl (C=O) groups excluding carboxylic acids is 1. The van der Waals surface area contributed by atoms with Gasteiger partial charge in [-0.05, 0) is 6.07 Å². The van der Waals surface area contributed by atoms with Crippen molar-refractivity contribution in [3.05, 3.63) is 39.4 Å². The SMILES string of the molecule is O=C(CBr)c1ccc([N+](=O)[O-])cc1C(F)(F)F. The lowest BCUT2D eigenvalue weighted by atomic mass is 10.0. The zero-order valence-corrected chi connectivity index (χ0v) is 9.71. The fourth-order valence-corrected chi connectivity index (χ4v) is 1.50. The first kappa shape index (κ1) is 13.6. The van der Waals surface area contributed by atoms with Crippen LogP contribution in [0.3, 0.4) is 0 Å². The minimum atomic E-state index is -4.81. The molecule has 1 aromatic carbocycles. The van der Waals surface area contributed by atoms with Gasteiger partial charge in [-0.3, -0.25) is 14.9 Å². The van der Waals surface area contributed by atoms with Crippen molar-refractivity contribution in [3.63, 3.8) is 0 Å². The molecular formula is C9H5BrF3NO3. The minimum Gasteiger partial charge on any atom is -0.293 e. The highest BCUT2D eigenvalue weighted by molar-refractivity contribution is 9.09. The number of nitro groups is 1. The number of nitro benzene ring substituents is 1. The number of hydrogen-bond acceptors (Lipinski definition) is 3. The van der Waals surface area contributed by atoms with Gasteiger partial charge in [-0.2, -0.15) is 13.2 Å². The molecule has 0 radical (unpaired) electrons. The van der Waals surface area contributed by atoms with Gasteiger partial charge in [0.2, 0.25) is 0 Å². The van der Waals surface area contributed by atoms with E-state index in [0.717, 1.165) is 12.1 Å². The Kier molecular flexibility index (Phi) is 3.87. The van der Waals surface area contributed by atoms with Crippen LogP contribution < -0.4 is 0 Å². The molecule has 0 aliphatic rings. The predicted molar refractivity (Wildman–Crippen MR) is 56.2 cm³/mol. The molecule has 0 saturated heterocycles. The van der Waals surface area contributed by atoms with Crippen molar-refractivity contribution >= 4 is 27.4 Å². The Morgan fingerprint density at radius 2 is 2.00 bits per heavy atom. The van der Waals surface area contributed by atoms with Crippen LogP contribution in [0, 0.1) is 10.1 Å². The highest BCUT2D eigenvalue weighted by Crippen LogP contribution is 2.34. The second kappa shape index (κ2) is 4.82. The number of halogens is 4. The van der Waals surface area contributed by atoms with Crippen molar-refractivity contribution in [1.29, 1.82) is 0 Å². The van der Waals surface area contributed by atoms with Gasteiger partial charge in [0, 0.05) is 17.7 Å². The fraction of sp³-hybridized carbons (Fsp3) is 0.222. The molecule has 92 valence electrons. The third-order valence-corrected chi connectivity index (χ3v) is 2.45. The molecule has 0 fully saturated rings. The van der Waals surface area contributed by atoms with Crippen molar-refractivity contribution < 1.29 is 22.9 Å². The second-order valence-electron chi connectivity index (χ2n) is 3.04. The van der Waals surface area contributed by atoms with Crippen LogP contribution in [0.15, 0.2) is 18.2 Å². The first-order chi connectivity index (χ1) is 7.77. The molecule has 0 amide bonds. The van der Waals surface area contributed by atoms with Crippen LogP contribution in [0.2, 0.25) is 0 Å². The Balaban J connectivity index is 3.42. The monoisotopic (exact) mass is 311 g/mol. The Morgan fingerprint density at radius 1 is 1.41 bits per heavy atom. The first-order valence-corrected chi connectivity index (χ1v) is 5.34. The quantitative estimate of drug-likeness (QED) is 0.373. The number of Topliss-reactive ketones (excluding diaryl/α,β-unsaturated/α-hetero) is 1. The first-order valence-electron chi connectivity index (χ1n) is 4.22. The Hall–Kier alpha value is -1.44. The van der Waals surface area contributed by atoms with Gasteiger partial charge in [-0.15, -0.1) is 0 Å². The zero-order chi connectivity index (χ0) is 13.2. The van der Waals surface area contributed by atoms with E-state index in [1.54, 1.807) is 0 Å². The molecular weight excluding hydrogens is 307 g/mol. The van der Waals surface area contributed by atoms with Crippen LogP contribution in [0.4, 0.5) is 18.9 Å². The summed E-state index contributed by atoms with van der Waals surface area (Å²) in [4.78, 5) is 20.7. The van der Waals surface area contributed by atoms with Crippen LogP contribution >= 0.6 is 15.9 Å². The second-order valence-corrected chi connectivity index (χ2v) is 3.60. The van der Waals surface area contributed by atoms with Crippen LogP contribution in [-0.2, 0) is 6.18 Å². The van der Waals surface area contributed by atoms with Crippen molar-refractivity contribution in [2.24, 2.45) is 0 Å². The molecule has 0 saturated carbocycles. The van der Waals surface area contributed by atoms with E-state index < -0.39 is 33.7 Å². The number of hydrogen-bond donors (Lipinski definition) is 0. The van der Waals surface area contributed by atoms with Crippen molar-refractivity contribution in [2.75, 3.05) is 5.33 Å². The van der Waals surface area contributed by atoms with E-state index >= 15 is 0 Å². The highest BCUT2D eigenvalue weighted by atomic mass is 79.9. The number of ketones is 1. The summed E-state index contributed by atoms with van der Waals surface area (Å²) in [7, 11) is 0. The van der Waals surface area contributed by atoms with E-state index in [-0.39, 0.29) is 5.33 Å². The molecule has 8 heteroatoms. The molecule has 1 aromatic rings. The average Bonchev–Trinajstić information content (AvgIpc) is 2.26. The summed E-state index contributed by atoms with van der Waals surface area (Å²) in [5.74, 6) is -0.785. The summed E-state index contributed by atoms with van der Waals surface area (Å²) in [6.45, 7) is 0. The van der Waals surface area contributed by atoms with E-state index in [0.29, 0.717) is 6.07 Å². The lowest BCUT2D eigenvalue weighted by molar-refractivity contribution is -0.385. The van der Waals surface area contributed by atoms with Gasteiger partial charge in [0.05, 0.1) is 15.8 Å². The van der Waals surface area contributed by atoms with Crippen LogP contribution in [0.5, 0.6) is 0 Å².